The number of fused-ring (bicyclic) bond motifs is 3. The van der Waals surface area contributed by atoms with Crippen LogP contribution in [0.1, 0.15) is 28.6 Å². The summed E-state index contributed by atoms with van der Waals surface area (Å²) in [6.07, 6.45) is 2.61. The number of nitrogens with zero attached hydrogens (tertiary/aromatic N) is 2. The third-order valence-corrected chi connectivity index (χ3v) is 4.76. The van der Waals surface area contributed by atoms with E-state index in [1.165, 1.54) is 12.7 Å². The minimum Gasteiger partial charge on any atom is -0.468 e. The Morgan fingerprint density at radius 3 is 2.88 bits per heavy atom. The molecule has 0 saturated carbocycles. The maximum atomic E-state index is 12.2. The van der Waals surface area contributed by atoms with Gasteiger partial charge in [0, 0.05) is 41.8 Å². The second-order valence-corrected chi connectivity index (χ2v) is 6.29. The Kier molecular flexibility index (Phi) is 3.42. The lowest BCUT2D eigenvalue weighted by atomic mass is 9.90. The number of ether oxygens (including phenoxy) is 1. The molecule has 0 saturated heterocycles. The molecule has 0 bridgehead atoms. The molecule has 0 amide bonds. The molecule has 2 aromatic heterocycles. The fourth-order valence-corrected chi connectivity index (χ4v) is 3.68. The minimum absolute atomic E-state index is 0.112. The van der Waals surface area contributed by atoms with E-state index in [2.05, 4.69) is 27.5 Å². The highest BCUT2D eigenvalue weighted by atomic mass is 16.5. The third-order valence-electron chi connectivity index (χ3n) is 4.76. The first-order chi connectivity index (χ1) is 11.6. The second kappa shape index (κ2) is 5.49. The van der Waals surface area contributed by atoms with E-state index in [0.29, 0.717) is 6.42 Å². The molecule has 1 aliphatic rings. The number of aromatic nitrogens is 3. The summed E-state index contributed by atoms with van der Waals surface area (Å²) < 4.78 is 6.78. The molecule has 6 heteroatoms. The lowest BCUT2D eigenvalue weighted by Gasteiger charge is -2.29. The molecule has 24 heavy (non-hydrogen) atoms. The van der Waals surface area contributed by atoms with Gasteiger partial charge in [-0.3, -0.25) is 14.8 Å². The highest BCUT2D eigenvalue weighted by Gasteiger charge is 2.35. The summed E-state index contributed by atoms with van der Waals surface area (Å²) in [4.78, 5) is 15.7. The van der Waals surface area contributed by atoms with Crippen LogP contribution in [-0.2, 0) is 23.0 Å². The van der Waals surface area contributed by atoms with E-state index in [1.807, 2.05) is 32.3 Å². The van der Waals surface area contributed by atoms with Crippen molar-refractivity contribution in [3.05, 3.63) is 53.0 Å². The highest BCUT2D eigenvalue weighted by molar-refractivity contribution is 5.87. The normalized spacial score (nSPS) is 20.1. The Morgan fingerprint density at radius 1 is 1.38 bits per heavy atom. The Morgan fingerprint density at radius 2 is 2.17 bits per heavy atom. The van der Waals surface area contributed by atoms with Crippen molar-refractivity contribution in [2.75, 3.05) is 7.11 Å². The van der Waals surface area contributed by atoms with Crippen molar-refractivity contribution in [1.82, 2.24) is 20.1 Å². The van der Waals surface area contributed by atoms with E-state index in [-0.39, 0.29) is 18.1 Å². The Hall–Kier alpha value is -2.60. The average Bonchev–Trinajstić information content (AvgIpc) is 3.12. The van der Waals surface area contributed by atoms with E-state index in [4.69, 9.17) is 4.74 Å². The van der Waals surface area contributed by atoms with Crippen LogP contribution < -0.4 is 5.32 Å². The first kappa shape index (κ1) is 15.0. The standard InChI is InChI=1S/C18H20N4O2/c1-10-13(9-22(2)21-10)17-16-12(8-15(20-17)18(23)24-3)11-6-4-5-7-14(11)19-16/h4-7,9,15,17,19-20H,8H2,1-3H3/t15-,17-/m1/s1. The van der Waals surface area contributed by atoms with Crippen LogP contribution in [-0.4, -0.2) is 33.9 Å². The number of aryl methyl sites for hydroxylation is 2. The summed E-state index contributed by atoms with van der Waals surface area (Å²) >= 11 is 0. The van der Waals surface area contributed by atoms with Gasteiger partial charge in [-0.2, -0.15) is 5.10 Å². The molecule has 3 aromatic rings. The average molecular weight is 324 g/mol. The van der Waals surface area contributed by atoms with Gasteiger partial charge in [-0.15, -0.1) is 0 Å². The summed E-state index contributed by atoms with van der Waals surface area (Å²) in [5.41, 5.74) is 5.38. The van der Waals surface area contributed by atoms with Crippen LogP contribution in [0.25, 0.3) is 10.9 Å². The number of aromatic amines is 1. The Bertz CT molecular complexity index is 924. The molecule has 1 aliphatic heterocycles. The maximum absolute atomic E-state index is 12.2. The topological polar surface area (TPSA) is 71.9 Å². The SMILES string of the molecule is COC(=O)[C@H]1Cc2c([nH]c3ccccc23)[C@@H](c2cn(C)nc2C)N1. The van der Waals surface area contributed by atoms with Crippen molar-refractivity contribution >= 4 is 16.9 Å². The lowest BCUT2D eigenvalue weighted by Crippen LogP contribution is -2.45. The van der Waals surface area contributed by atoms with Crippen molar-refractivity contribution in [3.63, 3.8) is 0 Å². The second-order valence-electron chi connectivity index (χ2n) is 6.29. The van der Waals surface area contributed by atoms with Crippen LogP contribution in [0.3, 0.4) is 0 Å². The van der Waals surface area contributed by atoms with Crippen LogP contribution >= 0.6 is 0 Å². The van der Waals surface area contributed by atoms with E-state index in [1.54, 1.807) is 4.68 Å². The van der Waals surface area contributed by atoms with Crippen LogP contribution in [0.4, 0.5) is 0 Å². The van der Waals surface area contributed by atoms with E-state index in [0.717, 1.165) is 27.9 Å². The monoisotopic (exact) mass is 324 g/mol. The first-order valence-electron chi connectivity index (χ1n) is 8.02. The van der Waals surface area contributed by atoms with Crippen LogP contribution in [0, 0.1) is 6.92 Å². The van der Waals surface area contributed by atoms with E-state index >= 15 is 0 Å². The zero-order valence-corrected chi connectivity index (χ0v) is 14.0. The molecular weight excluding hydrogens is 304 g/mol. The van der Waals surface area contributed by atoms with E-state index in [9.17, 15) is 4.79 Å². The minimum atomic E-state index is -0.369. The van der Waals surface area contributed by atoms with Gasteiger partial charge in [0.1, 0.15) is 6.04 Å². The summed E-state index contributed by atoms with van der Waals surface area (Å²) in [6.45, 7) is 1.99. The smallest absolute Gasteiger partial charge is 0.323 e. The number of rotatable bonds is 2. The van der Waals surface area contributed by atoms with Gasteiger partial charge in [-0.25, -0.2) is 0 Å². The number of esters is 1. The van der Waals surface area contributed by atoms with Crippen molar-refractivity contribution in [2.45, 2.75) is 25.4 Å². The molecular formula is C18H20N4O2. The molecule has 0 spiro atoms. The van der Waals surface area contributed by atoms with Crippen molar-refractivity contribution in [2.24, 2.45) is 7.05 Å². The van der Waals surface area contributed by atoms with Gasteiger partial charge < -0.3 is 9.72 Å². The molecule has 3 heterocycles. The summed E-state index contributed by atoms with van der Waals surface area (Å²) in [6, 6.07) is 7.71. The molecule has 4 rings (SSSR count). The molecule has 1 aromatic carbocycles. The third kappa shape index (κ3) is 2.22. The molecule has 2 N–H and O–H groups in total. The fourth-order valence-electron chi connectivity index (χ4n) is 3.68. The molecule has 0 unspecified atom stereocenters. The molecule has 0 aliphatic carbocycles. The predicted octanol–water partition coefficient (Wildman–Crippen LogP) is 1.99. The van der Waals surface area contributed by atoms with Crippen molar-refractivity contribution in [3.8, 4) is 0 Å². The molecule has 124 valence electrons. The molecule has 0 radical (unpaired) electrons. The number of benzene rings is 1. The van der Waals surface area contributed by atoms with Crippen molar-refractivity contribution in [1.29, 1.82) is 0 Å². The van der Waals surface area contributed by atoms with Gasteiger partial charge in [-0.05, 0) is 18.6 Å². The van der Waals surface area contributed by atoms with E-state index < -0.39 is 0 Å². The van der Waals surface area contributed by atoms with Gasteiger partial charge in [0.25, 0.3) is 0 Å². The van der Waals surface area contributed by atoms with Crippen molar-refractivity contribution < 1.29 is 9.53 Å². The molecule has 0 fully saturated rings. The number of carbonyl (C=O) groups is 1. The van der Waals surface area contributed by atoms with Gasteiger partial charge in [0.15, 0.2) is 0 Å². The maximum Gasteiger partial charge on any atom is 0.323 e. The molecule has 2 atom stereocenters. The first-order valence-corrected chi connectivity index (χ1v) is 8.02. The number of H-pyrrole nitrogens is 1. The Labute approximate surface area is 139 Å². The molecule has 6 nitrogen and oxygen atoms in total. The van der Waals surface area contributed by atoms with Crippen LogP contribution in [0.2, 0.25) is 0 Å². The summed E-state index contributed by atoms with van der Waals surface area (Å²) in [7, 11) is 3.34. The largest absolute Gasteiger partial charge is 0.468 e. The van der Waals surface area contributed by atoms with Gasteiger partial charge in [0.2, 0.25) is 0 Å². The number of methoxy groups -OCH3 is 1. The van der Waals surface area contributed by atoms with Crippen LogP contribution in [0.5, 0.6) is 0 Å². The summed E-state index contributed by atoms with van der Waals surface area (Å²) in [5.74, 6) is -0.238. The zero-order valence-electron chi connectivity index (χ0n) is 14.0. The lowest BCUT2D eigenvalue weighted by molar-refractivity contribution is -0.143. The number of nitrogens with one attached hydrogen (secondary N) is 2. The highest BCUT2D eigenvalue weighted by Crippen LogP contribution is 2.36. The predicted molar refractivity (Wildman–Crippen MR) is 90.7 cm³/mol. The fraction of sp³-hybridized carbons (Fsp3) is 0.333. The number of carbonyl (C=O) groups excluding carboxylic acids is 1. The van der Waals surface area contributed by atoms with Gasteiger partial charge in [-0.1, -0.05) is 18.2 Å². The Balaban J connectivity index is 1.90. The van der Waals surface area contributed by atoms with Gasteiger partial charge in [0.05, 0.1) is 18.8 Å². The summed E-state index contributed by atoms with van der Waals surface area (Å²) in [5, 5.41) is 9.04. The number of hydrogen-bond donors (Lipinski definition) is 2. The number of hydrogen-bond acceptors (Lipinski definition) is 4. The quantitative estimate of drug-likeness (QED) is 0.707. The van der Waals surface area contributed by atoms with Crippen LogP contribution in [0.15, 0.2) is 30.5 Å². The number of para-hydroxylation sites is 1. The zero-order chi connectivity index (χ0) is 16.8. The van der Waals surface area contributed by atoms with Gasteiger partial charge >= 0.3 is 5.97 Å².